The van der Waals surface area contributed by atoms with Crippen LogP contribution in [0.3, 0.4) is 0 Å². The summed E-state index contributed by atoms with van der Waals surface area (Å²) in [6, 6.07) is 13.5. The molecule has 2 heterocycles. The molecule has 0 aliphatic heterocycles. The monoisotopic (exact) mass is 357 g/mol. The van der Waals surface area contributed by atoms with Crippen LogP contribution in [0.1, 0.15) is 0 Å². The highest BCUT2D eigenvalue weighted by Gasteiger charge is 2.15. The van der Waals surface area contributed by atoms with E-state index < -0.39 is 4.92 Å². The Morgan fingerprint density at radius 3 is 2.33 bits per heavy atom. The number of fused-ring (bicyclic) bond motifs is 1. The van der Waals surface area contributed by atoms with Gasteiger partial charge in [-0.2, -0.15) is 9.61 Å². The van der Waals surface area contributed by atoms with Gasteiger partial charge < -0.3 is 0 Å². The number of nitro benzene ring substituents is 1. The molecule has 0 radical (unpaired) electrons. The Morgan fingerprint density at radius 2 is 1.67 bits per heavy atom. The molecule has 0 aliphatic carbocycles. The molecule has 9 heteroatoms. The number of hydrogen-bond donors (Lipinski definition) is 0. The van der Waals surface area contributed by atoms with Gasteiger partial charge >= 0.3 is 0 Å². The van der Waals surface area contributed by atoms with Crippen molar-refractivity contribution in [2.45, 2.75) is 0 Å². The predicted molar refractivity (Wildman–Crippen MR) is 91.2 cm³/mol. The third-order valence-electron chi connectivity index (χ3n) is 3.42. The van der Waals surface area contributed by atoms with Crippen molar-refractivity contribution >= 4 is 33.6 Å². The smallest absolute Gasteiger partial charge is 0.258 e. The summed E-state index contributed by atoms with van der Waals surface area (Å²) < 4.78 is 1.66. The van der Waals surface area contributed by atoms with E-state index in [-0.39, 0.29) is 5.69 Å². The topological polar surface area (TPSA) is 86.2 Å². The van der Waals surface area contributed by atoms with Gasteiger partial charge in [-0.25, -0.2) is 0 Å². The summed E-state index contributed by atoms with van der Waals surface area (Å²) in [5.74, 6) is 0.617. The molecule has 2 aromatic heterocycles. The molecule has 118 valence electrons. The van der Waals surface area contributed by atoms with Gasteiger partial charge in [0.05, 0.1) is 4.92 Å². The molecule has 0 N–H and O–H groups in total. The molecular weight excluding hydrogens is 350 g/mol. The van der Waals surface area contributed by atoms with Gasteiger partial charge in [0.2, 0.25) is 4.96 Å². The summed E-state index contributed by atoms with van der Waals surface area (Å²) in [7, 11) is 0. The molecule has 4 rings (SSSR count). The molecule has 0 aliphatic rings. The molecule has 0 amide bonds. The number of nitrogens with zero attached hydrogens (tertiary/aromatic N) is 5. The first kappa shape index (κ1) is 14.7. The molecule has 0 saturated heterocycles. The van der Waals surface area contributed by atoms with Gasteiger partial charge in [0.25, 0.3) is 5.69 Å². The van der Waals surface area contributed by atoms with Crippen molar-refractivity contribution in [3.05, 3.63) is 63.7 Å². The van der Waals surface area contributed by atoms with Crippen LogP contribution in [-0.2, 0) is 0 Å². The average molecular weight is 358 g/mol. The van der Waals surface area contributed by atoms with Crippen molar-refractivity contribution in [3.63, 3.8) is 0 Å². The lowest BCUT2D eigenvalue weighted by molar-refractivity contribution is -0.384. The summed E-state index contributed by atoms with van der Waals surface area (Å²) in [6.07, 6.45) is 0. The molecule has 0 spiro atoms. The van der Waals surface area contributed by atoms with Crippen LogP contribution < -0.4 is 0 Å². The Morgan fingerprint density at radius 1 is 1.00 bits per heavy atom. The molecule has 7 nitrogen and oxygen atoms in total. The quantitative estimate of drug-likeness (QED) is 0.407. The average Bonchev–Trinajstić information content (AvgIpc) is 3.16. The number of aromatic nitrogens is 4. The third-order valence-corrected chi connectivity index (χ3v) is 4.62. The second-order valence-electron chi connectivity index (χ2n) is 4.94. The van der Waals surface area contributed by atoms with E-state index in [1.165, 1.54) is 23.5 Å². The summed E-state index contributed by atoms with van der Waals surface area (Å²) in [6.45, 7) is 0. The SMILES string of the molecule is O=[N+]([O-])c1ccc(-c2nn3c(-c4ccc(Cl)cc4)nnc3s2)cc1. The number of hydrogen-bond acceptors (Lipinski definition) is 6. The Bertz CT molecular complexity index is 1040. The minimum atomic E-state index is -0.430. The van der Waals surface area contributed by atoms with E-state index in [0.717, 1.165) is 11.1 Å². The Labute approximate surface area is 144 Å². The molecule has 0 saturated carbocycles. The fourth-order valence-corrected chi connectivity index (χ4v) is 3.21. The maximum absolute atomic E-state index is 10.7. The first-order chi connectivity index (χ1) is 11.6. The Kier molecular flexibility index (Phi) is 3.47. The van der Waals surface area contributed by atoms with Crippen LogP contribution in [0.25, 0.3) is 26.9 Å². The Balaban J connectivity index is 1.76. The minimum Gasteiger partial charge on any atom is -0.258 e. The van der Waals surface area contributed by atoms with Crippen molar-refractivity contribution in [2.75, 3.05) is 0 Å². The second kappa shape index (κ2) is 5.66. The first-order valence-electron chi connectivity index (χ1n) is 6.85. The van der Waals surface area contributed by atoms with E-state index >= 15 is 0 Å². The predicted octanol–water partition coefficient (Wildman–Crippen LogP) is 4.08. The second-order valence-corrected chi connectivity index (χ2v) is 6.33. The largest absolute Gasteiger partial charge is 0.269 e. The molecule has 0 fully saturated rings. The van der Waals surface area contributed by atoms with E-state index in [4.69, 9.17) is 11.6 Å². The van der Waals surface area contributed by atoms with Gasteiger partial charge in [-0.15, -0.1) is 10.2 Å². The lowest BCUT2D eigenvalue weighted by atomic mass is 10.2. The van der Waals surface area contributed by atoms with Crippen LogP contribution in [0.4, 0.5) is 5.69 Å². The molecule has 0 atom stereocenters. The normalized spacial score (nSPS) is 11.0. The number of rotatable bonds is 3. The number of halogens is 1. The zero-order chi connectivity index (χ0) is 16.7. The summed E-state index contributed by atoms with van der Waals surface area (Å²) in [5, 5.41) is 24.9. The van der Waals surface area contributed by atoms with Gasteiger partial charge in [-0.3, -0.25) is 10.1 Å². The van der Waals surface area contributed by atoms with Crippen LogP contribution in [0.5, 0.6) is 0 Å². The van der Waals surface area contributed by atoms with Crippen molar-refractivity contribution in [2.24, 2.45) is 0 Å². The van der Waals surface area contributed by atoms with Gasteiger partial charge in [0.1, 0.15) is 5.01 Å². The number of nitro groups is 1. The molecule has 4 aromatic rings. The van der Waals surface area contributed by atoms with E-state index in [1.807, 2.05) is 12.1 Å². The van der Waals surface area contributed by atoms with Crippen molar-refractivity contribution < 1.29 is 4.92 Å². The maximum Gasteiger partial charge on any atom is 0.269 e. The third kappa shape index (κ3) is 2.51. The maximum atomic E-state index is 10.7. The van der Waals surface area contributed by atoms with Gasteiger partial charge in [0, 0.05) is 28.3 Å². The fourth-order valence-electron chi connectivity index (χ4n) is 2.24. The molecule has 24 heavy (non-hydrogen) atoms. The van der Waals surface area contributed by atoms with Gasteiger partial charge in [-0.1, -0.05) is 22.9 Å². The zero-order valence-electron chi connectivity index (χ0n) is 12.0. The number of non-ortho nitro benzene ring substituents is 1. The van der Waals surface area contributed by atoms with E-state index in [1.54, 1.807) is 28.8 Å². The summed E-state index contributed by atoms with van der Waals surface area (Å²) >= 11 is 7.27. The van der Waals surface area contributed by atoms with E-state index in [0.29, 0.717) is 20.8 Å². The fraction of sp³-hybridized carbons (Fsp3) is 0. The van der Waals surface area contributed by atoms with E-state index in [9.17, 15) is 10.1 Å². The summed E-state index contributed by atoms with van der Waals surface area (Å²) in [5.41, 5.74) is 1.69. The lowest BCUT2D eigenvalue weighted by Crippen LogP contribution is -1.91. The van der Waals surface area contributed by atoms with Crippen molar-refractivity contribution in [1.29, 1.82) is 0 Å². The van der Waals surface area contributed by atoms with Crippen LogP contribution in [-0.4, -0.2) is 24.7 Å². The molecule has 0 bridgehead atoms. The minimum absolute atomic E-state index is 0.0450. The highest BCUT2D eigenvalue weighted by atomic mass is 35.5. The zero-order valence-corrected chi connectivity index (χ0v) is 13.5. The molecule has 2 aromatic carbocycles. The Hall–Kier alpha value is -2.84. The summed E-state index contributed by atoms with van der Waals surface area (Å²) in [4.78, 5) is 11.0. The van der Waals surface area contributed by atoms with Crippen LogP contribution in [0, 0.1) is 10.1 Å². The van der Waals surface area contributed by atoms with E-state index in [2.05, 4.69) is 15.3 Å². The molecule has 0 unspecified atom stereocenters. The van der Waals surface area contributed by atoms with Gasteiger partial charge in [-0.05, 0) is 36.4 Å². The van der Waals surface area contributed by atoms with Crippen LogP contribution in [0.15, 0.2) is 48.5 Å². The van der Waals surface area contributed by atoms with Crippen molar-refractivity contribution in [3.8, 4) is 22.0 Å². The number of benzene rings is 2. The standard InChI is InChI=1S/C15H8ClN5O2S/c16-11-5-1-9(2-6-11)13-17-18-15-20(13)19-14(24-15)10-3-7-12(8-4-10)21(22)23/h1-8H. The highest BCUT2D eigenvalue weighted by Crippen LogP contribution is 2.29. The van der Waals surface area contributed by atoms with Gasteiger partial charge in [0.15, 0.2) is 5.82 Å². The van der Waals surface area contributed by atoms with Crippen LogP contribution in [0.2, 0.25) is 5.02 Å². The van der Waals surface area contributed by atoms with Crippen LogP contribution >= 0.6 is 22.9 Å². The first-order valence-corrected chi connectivity index (χ1v) is 8.04. The van der Waals surface area contributed by atoms with Crippen molar-refractivity contribution in [1.82, 2.24) is 19.8 Å². The highest BCUT2D eigenvalue weighted by molar-refractivity contribution is 7.19. The lowest BCUT2D eigenvalue weighted by Gasteiger charge is -1.97. The molecular formula is C15H8ClN5O2S.